The van der Waals surface area contributed by atoms with Crippen LogP contribution >= 0.6 is 10.7 Å². The number of aromatic nitrogens is 2. The van der Waals surface area contributed by atoms with Gasteiger partial charge in [-0.25, -0.2) is 8.42 Å². The van der Waals surface area contributed by atoms with E-state index in [1.54, 1.807) is 7.11 Å². The highest BCUT2D eigenvalue weighted by atomic mass is 35.7. The molecule has 1 aromatic heterocycles. The predicted molar refractivity (Wildman–Crippen MR) is 51.9 cm³/mol. The number of methoxy groups -OCH3 is 1. The van der Waals surface area contributed by atoms with Crippen LogP contribution in [0.5, 0.6) is 0 Å². The Morgan fingerprint density at radius 3 is 2.79 bits per heavy atom. The smallest absolute Gasteiger partial charge is 0.264 e. The van der Waals surface area contributed by atoms with Gasteiger partial charge in [0.25, 0.3) is 9.05 Å². The fraction of sp³-hybridized carbons (Fsp3) is 0.571. The minimum absolute atomic E-state index is 0.00196. The van der Waals surface area contributed by atoms with E-state index in [1.807, 2.05) is 6.92 Å². The Bertz CT molecular complexity index is 401. The van der Waals surface area contributed by atoms with Crippen LogP contribution in [0.3, 0.4) is 0 Å². The summed E-state index contributed by atoms with van der Waals surface area (Å²) < 4.78 is 28.2. The van der Waals surface area contributed by atoms with Crippen LogP contribution in [0.25, 0.3) is 0 Å². The second kappa shape index (κ2) is 4.29. The first-order chi connectivity index (χ1) is 6.45. The van der Waals surface area contributed by atoms with Crippen LogP contribution in [0.2, 0.25) is 0 Å². The normalized spacial score (nSPS) is 14.2. The van der Waals surface area contributed by atoms with Crippen molar-refractivity contribution in [3.63, 3.8) is 0 Å². The molecule has 0 spiro atoms. The van der Waals surface area contributed by atoms with Crippen molar-refractivity contribution in [2.75, 3.05) is 13.7 Å². The topological polar surface area (TPSA) is 61.2 Å². The Kier molecular flexibility index (Phi) is 3.52. The van der Waals surface area contributed by atoms with Crippen molar-refractivity contribution < 1.29 is 13.2 Å². The molecule has 1 rings (SSSR count). The minimum atomic E-state index is -3.68. The summed E-state index contributed by atoms with van der Waals surface area (Å²) in [4.78, 5) is 0.00196. The lowest BCUT2D eigenvalue weighted by Gasteiger charge is -2.09. The summed E-state index contributed by atoms with van der Waals surface area (Å²) in [7, 11) is 3.03. The van der Waals surface area contributed by atoms with Crippen LogP contribution in [-0.4, -0.2) is 31.9 Å². The molecular weight excluding hydrogens is 228 g/mol. The summed E-state index contributed by atoms with van der Waals surface area (Å²) in [6.45, 7) is 2.32. The monoisotopic (exact) mass is 238 g/mol. The van der Waals surface area contributed by atoms with Crippen molar-refractivity contribution in [3.05, 3.63) is 12.4 Å². The average Bonchev–Trinajstić information content (AvgIpc) is 2.51. The van der Waals surface area contributed by atoms with Gasteiger partial charge in [0.15, 0.2) is 0 Å². The van der Waals surface area contributed by atoms with Crippen LogP contribution in [-0.2, 0) is 13.8 Å². The molecule has 0 aliphatic rings. The maximum atomic E-state index is 10.9. The first-order valence-corrected chi connectivity index (χ1v) is 6.24. The Labute approximate surface area is 87.0 Å². The van der Waals surface area contributed by atoms with E-state index < -0.39 is 9.05 Å². The minimum Gasteiger partial charge on any atom is -0.382 e. The third-order valence-corrected chi connectivity index (χ3v) is 3.03. The van der Waals surface area contributed by atoms with Crippen molar-refractivity contribution in [3.8, 4) is 0 Å². The molecule has 7 heteroatoms. The van der Waals surface area contributed by atoms with Crippen molar-refractivity contribution in [1.82, 2.24) is 9.78 Å². The van der Waals surface area contributed by atoms with Gasteiger partial charge in [0.05, 0.1) is 18.8 Å². The maximum Gasteiger partial charge on any atom is 0.264 e. The molecule has 0 fully saturated rings. The quantitative estimate of drug-likeness (QED) is 0.735. The van der Waals surface area contributed by atoms with Crippen molar-refractivity contribution in [2.45, 2.75) is 17.9 Å². The zero-order valence-electron chi connectivity index (χ0n) is 7.84. The van der Waals surface area contributed by atoms with Gasteiger partial charge in [0, 0.05) is 24.0 Å². The Balaban J connectivity index is 2.88. The summed E-state index contributed by atoms with van der Waals surface area (Å²) in [6, 6.07) is -0.0211. The number of hydrogen-bond acceptors (Lipinski definition) is 4. The first kappa shape index (κ1) is 11.5. The zero-order chi connectivity index (χ0) is 10.8. The van der Waals surface area contributed by atoms with Crippen molar-refractivity contribution in [2.24, 2.45) is 0 Å². The molecule has 0 saturated heterocycles. The van der Waals surface area contributed by atoms with Gasteiger partial charge in [-0.2, -0.15) is 5.10 Å². The molecule has 0 aliphatic heterocycles. The van der Waals surface area contributed by atoms with Gasteiger partial charge in [-0.05, 0) is 6.92 Å². The number of ether oxygens (including phenoxy) is 1. The van der Waals surface area contributed by atoms with E-state index in [-0.39, 0.29) is 10.9 Å². The number of halogens is 1. The summed E-state index contributed by atoms with van der Waals surface area (Å²) in [5.74, 6) is 0. The van der Waals surface area contributed by atoms with Crippen LogP contribution in [0.4, 0.5) is 0 Å². The maximum absolute atomic E-state index is 10.9. The molecule has 0 aromatic carbocycles. The van der Waals surface area contributed by atoms with Gasteiger partial charge >= 0.3 is 0 Å². The Morgan fingerprint density at radius 1 is 1.71 bits per heavy atom. The van der Waals surface area contributed by atoms with Crippen LogP contribution < -0.4 is 0 Å². The van der Waals surface area contributed by atoms with Gasteiger partial charge in [-0.15, -0.1) is 0 Å². The fourth-order valence-corrected chi connectivity index (χ4v) is 1.65. The van der Waals surface area contributed by atoms with Gasteiger partial charge in [0.2, 0.25) is 0 Å². The average molecular weight is 239 g/mol. The van der Waals surface area contributed by atoms with E-state index in [0.717, 1.165) is 0 Å². The van der Waals surface area contributed by atoms with E-state index in [9.17, 15) is 8.42 Å². The molecule has 1 unspecified atom stereocenters. The first-order valence-electron chi connectivity index (χ1n) is 3.93. The lowest BCUT2D eigenvalue weighted by Crippen LogP contribution is -2.11. The van der Waals surface area contributed by atoms with Gasteiger partial charge in [-0.1, -0.05) is 0 Å². The van der Waals surface area contributed by atoms with Gasteiger partial charge in [-0.3, -0.25) is 4.68 Å². The molecule has 80 valence electrons. The molecule has 5 nitrogen and oxygen atoms in total. The molecule has 1 aromatic rings. The van der Waals surface area contributed by atoms with Crippen LogP contribution in [0.15, 0.2) is 17.3 Å². The largest absolute Gasteiger partial charge is 0.382 e. The van der Waals surface area contributed by atoms with E-state index >= 15 is 0 Å². The highest BCUT2D eigenvalue weighted by molar-refractivity contribution is 8.13. The molecule has 1 atom stereocenters. The summed E-state index contributed by atoms with van der Waals surface area (Å²) in [5, 5.41) is 3.87. The molecule has 0 saturated carbocycles. The van der Waals surface area contributed by atoms with Crippen molar-refractivity contribution >= 4 is 19.7 Å². The number of rotatable bonds is 4. The Morgan fingerprint density at radius 2 is 2.36 bits per heavy atom. The second-order valence-corrected chi connectivity index (χ2v) is 5.46. The molecule has 0 aliphatic carbocycles. The lowest BCUT2D eigenvalue weighted by atomic mass is 10.4. The van der Waals surface area contributed by atoms with Gasteiger partial charge < -0.3 is 4.74 Å². The summed E-state index contributed by atoms with van der Waals surface area (Å²) in [6.07, 6.45) is 2.60. The number of nitrogens with zero attached hydrogens (tertiary/aromatic N) is 2. The molecule has 14 heavy (non-hydrogen) atoms. The van der Waals surface area contributed by atoms with Crippen molar-refractivity contribution in [1.29, 1.82) is 0 Å². The molecule has 0 bridgehead atoms. The SMILES string of the molecule is COCC(C)n1cc(S(=O)(=O)Cl)cn1. The molecular formula is C7H11ClN2O3S. The van der Waals surface area contributed by atoms with E-state index in [1.165, 1.54) is 17.1 Å². The molecule has 0 radical (unpaired) electrons. The fourth-order valence-electron chi connectivity index (χ4n) is 1.01. The highest BCUT2D eigenvalue weighted by Crippen LogP contribution is 2.15. The summed E-state index contributed by atoms with van der Waals surface area (Å²) in [5.41, 5.74) is 0. The molecule has 1 heterocycles. The predicted octanol–water partition coefficient (Wildman–Crippen LogP) is 1.02. The van der Waals surface area contributed by atoms with Crippen LogP contribution in [0, 0.1) is 0 Å². The van der Waals surface area contributed by atoms with E-state index in [0.29, 0.717) is 6.61 Å². The lowest BCUT2D eigenvalue weighted by molar-refractivity contribution is 0.157. The number of hydrogen-bond donors (Lipinski definition) is 0. The zero-order valence-corrected chi connectivity index (χ0v) is 9.42. The Hall–Kier alpha value is -0.590. The standard InChI is InChI=1S/C7H11ClN2O3S/c1-6(5-13-2)10-4-7(3-9-10)14(8,11)12/h3-4,6H,5H2,1-2H3. The van der Waals surface area contributed by atoms with E-state index in [4.69, 9.17) is 15.4 Å². The molecule has 0 N–H and O–H groups in total. The van der Waals surface area contributed by atoms with Gasteiger partial charge in [0.1, 0.15) is 4.90 Å². The third-order valence-electron chi connectivity index (χ3n) is 1.72. The second-order valence-electron chi connectivity index (χ2n) is 2.90. The third kappa shape index (κ3) is 2.70. The van der Waals surface area contributed by atoms with Crippen LogP contribution in [0.1, 0.15) is 13.0 Å². The van der Waals surface area contributed by atoms with E-state index in [2.05, 4.69) is 5.10 Å². The highest BCUT2D eigenvalue weighted by Gasteiger charge is 2.14. The molecule has 0 amide bonds. The summed E-state index contributed by atoms with van der Waals surface area (Å²) >= 11 is 0.